The number of para-hydroxylation sites is 1. The lowest BCUT2D eigenvalue weighted by atomic mass is 10.0. The van der Waals surface area contributed by atoms with E-state index in [9.17, 15) is 4.79 Å². The summed E-state index contributed by atoms with van der Waals surface area (Å²) in [5.41, 5.74) is 2.38. The van der Waals surface area contributed by atoms with Gasteiger partial charge in [0.2, 0.25) is 0 Å². The van der Waals surface area contributed by atoms with Crippen LogP contribution in [0.3, 0.4) is 0 Å². The SMILES string of the molecule is O=c1oc2c(ccc3[nH]c4ccccc4c32)c2ccccc12. The van der Waals surface area contributed by atoms with Crippen molar-refractivity contribution < 1.29 is 4.42 Å². The van der Waals surface area contributed by atoms with Crippen LogP contribution in [0.5, 0.6) is 0 Å². The van der Waals surface area contributed by atoms with Crippen molar-refractivity contribution in [1.29, 1.82) is 0 Å². The Morgan fingerprint density at radius 2 is 1.41 bits per heavy atom. The Kier molecular flexibility index (Phi) is 2.09. The van der Waals surface area contributed by atoms with Gasteiger partial charge in [-0.15, -0.1) is 0 Å². The van der Waals surface area contributed by atoms with Crippen LogP contribution in [0.4, 0.5) is 0 Å². The second-order valence-corrected chi connectivity index (χ2v) is 5.47. The first-order valence-corrected chi connectivity index (χ1v) is 7.18. The van der Waals surface area contributed by atoms with Crippen molar-refractivity contribution >= 4 is 43.5 Å². The Morgan fingerprint density at radius 1 is 0.682 bits per heavy atom. The molecule has 0 amide bonds. The molecule has 3 heteroatoms. The molecule has 0 aliphatic heterocycles. The smallest absolute Gasteiger partial charge is 0.344 e. The predicted octanol–water partition coefficient (Wildman–Crippen LogP) is 4.58. The molecule has 0 atom stereocenters. The fraction of sp³-hybridized carbons (Fsp3) is 0. The van der Waals surface area contributed by atoms with E-state index in [2.05, 4.69) is 4.98 Å². The minimum absolute atomic E-state index is 0.291. The summed E-state index contributed by atoms with van der Waals surface area (Å²) in [5.74, 6) is 0. The quantitative estimate of drug-likeness (QED) is 0.334. The molecule has 0 aliphatic carbocycles. The maximum absolute atomic E-state index is 12.3. The third-order valence-electron chi connectivity index (χ3n) is 4.26. The summed E-state index contributed by atoms with van der Waals surface area (Å²) in [6.07, 6.45) is 0. The number of H-pyrrole nitrogens is 1. The van der Waals surface area contributed by atoms with Gasteiger partial charge in [-0.2, -0.15) is 0 Å². The standard InChI is InChI=1S/C19H11NO2/c21-19-13-6-2-1-5-11(13)12-9-10-16-17(18(12)22-19)14-7-3-4-8-15(14)20-16/h1-10,20H. The monoisotopic (exact) mass is 285 g/mol. The van der Waals surface area contributed by atoms with E-state index in [1.165, 1.54) is 0 Å². The topological polar surface area (TPSA) is 46.0 Å². The first kappa shape index (κ1) is 11.6. The molecular weight excluding hydrogens is 274 g/mol. The highest BCUT2D eigenvalue weighted by Gasteiger charge is 2.13. The summed E-state index contributed by atoms with van der Waals surface area (Å²) in [4.78, 5) is 15.7. The molecular formula is C19H11NO2. The van der Waals surface area contributed by atoms with Crippen LogP contribution >= 0.6 is 0 Å². The van der Waals surface area contributed by atoms with Gasteiger partial charge in [-0.3, -0.25) is 0 Å². The lowest BCUT2D eigenvalue weighted by molar-refractivity contribution is 0.573. The van der Waals surface area contributed by atoms with Crippen molar-refractivity contribution in [2.45, 2.75) is 0 Å². The van der Waals surface area contributed by atoms with E-state index in [4.69, 9.17) is 4.42 Å². The van der Waals surface area contributed by atoms with E-state index in [0.29, 0.717) is 11.0 Å². The number of nitrogens with one attached hydrogen (secondary N) is 1. The average Bonchev–Trinajstić information content (AvgIpc) is 2.94. The van der Waals surface area contributed by atoms with Gasteiger partial charge in [0.05, 0.1) is 16.3 Å². The minimum Gasteiger partial charge on any atom is -0.422 e. The minimum atomic E-state index is -0.291. The second kappa shape index (κ2) is 3.98. The van der Waals surface area contributed by atoms with E-state index in [1.54, 1.807) is 6.07 Å². The van der Waals surface area contributed by atoms with Crippen LogP contribution in [-0.4, -0.2) is 4.98 Å². The predicted molar refractivity (Wildman–Crippen MR) is 89.4 cm³/mol. The highest BCUT2D eigenvalue weighted by Crippen LogP contribution is 2.34. The van der Waals surface area contributed by atoms with Crippen LogP contribution in [0.25, 0.3) is 43.5 Å². The summed E-state index contributed by atoms with van der Waals surface area (Å²) < 4.78 is 5.68. The molecule has 0 saturated heterocycles. The van der Waals surface area contributed by atoms with Crippen molar-refractivity contribution in [3.63, 3.8) is 0 Å². The van der Waals surface area contributed by atoms with E-state index < -0.39 is 0 Å². The van der Waals surface area contributed by atoms with Crippen LogP contribution in [0.15, 0.2) is 69.9 Å². The van der Waals surface area contributed by atoms with Crippen molar-refractivity contribution in [1.82, 2.24) is 4.98 Å². The Labute approximate surface area is 124 Å². The zero-order valence-corrected chi connectivity index (χ0v) is 11.6. The van der Waals surface area contributed by atoms with Crippen LogP contribution in [0, 0.1) is 0 Å². The lowest BCUT2D eigenvalue weighted by Crippen LogP contribution is -1.99. The van der Waals surface area contributed by atoms with Gasteiger partial charge in [-0.25, -0.2) is 4.79 Å². The van der Waals surface area contributed by atoms with E-state index in [-0.39, 0.29) is 5.63 Å². The van der Waals surface area contributed by atoms with Gasteiger partial charge < -0.3 is 9.40 Å². The molecule has 1 N–H and O–H groups in total. The van der Waals surface area contributed by atoms with Crippen LogP contribution in [-0.2, 0) is 0 Å². The fourth-order valence-electron chi connectivity index (χ4n) is 3.27. The number of benzene rings is 3. The van der Waals surface area contributed by atoms with Crippen molar-refractivity contribution in [3.05, 3.63) is 71.1 Å². The number of rotatable bonds is 0. The molecule has 2 aromatic heterocycles. The number of hydrogen-bond acceptors (Lipinski definition) is 2. The summed E-state index contributed by atoms with van der Waals surface area (Å²) in [5, 5.41) is 4.56. The van der Waals surface area contributed by atoms with Gasteiger partial charge in [-0.1, -0.05) is 36.4 Å². The Hall–Kier alpha value is -3.07. The Balaban J connectivity index is 2.16. The summed E-state index contributed by atoms with van der Waals surface area (Å²) in [7, 11) is 0. The largest absolute Gasteiger partial charge is 0.422 e. The Morgan fingerprint density at radius 3 is 2.27 bits per heavy atom. The maximum atomic E-state index is 12.3. The van der Waals surface area contributed by atoms with Gasteiger partial charge in [0.1, 0.15) is 5.58 Å². The van der Waals surface area contributed by atoms with Gasteiger partial charge >= 0.3 is 5.63 Å². The van der Waals surface area contributed by atoms with Crippen LogP contribution in [0.2, 0.25) is 0 Å². The average molecular weight is 285 g/mol. The molecule has 0 saturated carbocycles. The van der Waals surface area contributed by atoms with E-state index in [1.807, 2.05) is 54.6 Å². The first-order chi connectivity index (χ1) is 10.8. The first-order valence-electron chi connectivity index (χ1n) is 7.18. The molecule has 0 spiro atoms. The van der Waals surface area contributed by atoms with Crippen LogP contribution < -0.4 is 5.63 Å². The van der Waals surface area contributed by atoms with E-state index in [0.717, 1.165) is 32.6 Å². The summed E-state index contributed by atoms with van der Waals surface area (Å²) >= 11 is 0. The molecule has 0 unspecified atom stereocenters. The molecule has 2 heterocycles. The third-order valence-corrected chi connectivity index (χ3v) is 4.26. The molecule has 0 radical (unpaired) electrons. The van der Waals surface area contributed by atoms with Gasteiger partial charge in [0.25, 0.3) is 0 Å². The van der Waals surface area contributed by atoms with Crippen LogP contribution in [0.1, 0.15) is 0 Å². The van der Waals surface area contributed by atoms with Crippen molar-refractivity contribution in [2.24, 2.45) is 0 Å². The normalized spacial score (nSPS) is 11.8. The van der Waals surface area contributed by atoms with Gasteiger partial charge in [0.15, 0.2) is 0 Å². The highest BCUT2D eigenvalue weighted by atomic mass is 16.4. The molecule has 5 rings (SSSR count). The third kappa shape index (κ3) is 1.37. The zero-order chi connectivity index (χ0) is 14.7. The number of hydrogen-bond donors (Lipinski definition) is 1. The molecule has 0 aliphatic rings. The molecule has 3 nitrogen and oxygen atoms in total. The van der Waals surface area contributed by atoms with Crippen molar-refractivity contribution in [3.8, 4) is 0 Å². The Bertz CT molecular complexity index is 1240. The summed E-state index contributed by atoms with van der Waals surface area (Å²) in [6.45, 7) is 0. The van der Waals surface area contributed by atoms with E-state index >= 15 is 0 Å². The zero-order valence-electron chi connectivity index (χ0n) is 11.6. The molecule has 104 valence electrons. The fourth-order valence-corrected chi connectivity index (χ4v) is 3.27. The van der Waals surface area contributed by atoms with Gasteiger partial charge in [-0.05, 0) is 29.7 Å². The number of aromatic nitrogens is 1. The molecule has 0 bridgehead atoms. The summed E-state index contributed by atoms with van der Waals surface area (Å²) in [6, 6.07) is 19.7. The molecule has 3 aromatic carbocycles. The van der Waals surface area contributed by atoms with Crippen molar-refractivity contribution in [2.75, 3.05) is 0 Å². The highest BCUT2D eigenvalue weighted by molar-refractivity contribution is 6.22. The second-order valence-electron chi connectivity index (χ2n) is 5.47. The maximum Gasteiger partial charge on any atom is 0.344 e. The molecule has 5 aromatic rings. The lowest BCUT2D eigenvalue weighted by Gasteiger charge is -2.03. The number of aromatic amines is 1. The molecule has 22 heavy (non-hydrogen) atoms. The van der Waals surface area contributed by atoms with Gasteiger partial charge in [0, 0.05) is 16.3 Å². The number of fused-ring (bicyclic) bond motifs is 7. The molecule has 0 fully saturated rings.